The van der Waals surface area contributed by atoms with Gasteiger partial charge in [-0.3, -0.25) is 37.8 Å². The topological polar surface area (TPSA) is 361 Å². The molecule has 2 aliphatic rings. The molecule has 0 spiro atoms. The Hall–Kier alpha value is -2.93. The van der Waals surface area contributed by atoms with Crippen molar-refractivity contribution in [1.82, 2.24) is 20.2 Å². The van der Waals surface area contributed by atoms with Crippen molar-refractivity contribution in [3.63, 3.8) is 0 Å². The lowest BCUT2D eigenvalue weighted by atomic mass is 9.96. The van der Waals surface area contributed by atoms with Crippen molar-refractivity contribution in [1.29, 1.82) is 0 Å². The SMILES string of the molecule is CC(=O)NC1C(OP(=O)(O)OP(=O)(O)OCC2OC(n3ccc(=O)[nH]c3=O)C(O)C2O)OC(CO)C(O)C1OC(C)C(=O)NC(C)C(=O)O. The van der Waals surface area contributed by atoms with Crippen LogP contribution < -0.4 is 21.9 Å². The van der Waals surface area contributed by atoms with E-state index in [9.17, 15) is 63.3 Å². The summed E-state index contributed by atoms with van der Waals surface area (Å²) in [6, 6.07) is -2.25. The Kier molecular flexibility index (Phi) is 13.6. The number of hydrogen-bond donors (Lipinski definition) is 10. The lowest BCUT2D eigenvalue weighted by Crippen LogP contribution is -2.66. The number of phosphoric acid groups is 2. The number of nitrogens with one attached hydrogen (secondary N) is 3. The van der Waals surface area contributed by atoms with E-state index >= 15 is 0 Å². The first-order valence-corrected chi connectivity index (χ1v) is 17.1. The molecule has 2 fully saturated rings. The molecule has 0 saturated carbocycles. The van der Waals surface area contributed by atoms with Crippen LogP contribution in [0.4, 0.5) is 0 Å². The second-order valence-electron chi connectivity index (χ2n) is 10.7. The maximum absolute atomic E-state index is 12.9. The number of hydrogen-bond acceptors (Lipinski definition) is 17. The van der Waals surface area contributed by atoms with Gasteiger partial charge in [-0.05, 0) is 13.8 Å². The zero-order valence-electron chi connectivity index (χ0n) is 25.7. The maximum Gasteiger partial charge on any atom is 0.483 e. The van der Waals surface area contributed by atoms with Crippen LogP contribution in [0.5, 0.6) is 0 Å². The first-order valence-electron chi connectivity index (χ1n) is 14.1. The summed E-state index contributed by atoms with van der Waals surface area (Å²) in [5, 5.41) is 54.4. The van der Waals surface area contributed by atoms with E-state index in [-0.39, 0.29) is 0 Å². The monoisotopic (exact) mass is 750 g/mol. The molecular weight excluding hydrogens is 714 g/mol. The van der Waals surface area contributed by atoms with Crippen molar-refractivity contribution in [3.05, 3.63) is 33.1 Å². The van der Waals surface area contributed by atoms with Gasteiger partial charge in [-0.2, -0.15) is 4.31 Å². The minimum Gasteiger partial charge on any atom is -0.480 e. The molecular formula is C23H36N4O20P2. The molecule has 49 heavy (non-hydrogen) atoms. The molecule has 2 saturated heterocycles. The van der Waals surface area contributed by atoms with Crippen LogP contribution in [-0.2, 0) is 51.1 Å². The first-order chi connectivity index (χ1) is 22.7. The van der Waals surface area contributed by atoms with Gasteiger partial charge in [-0.25, -0.2) is 13.9 Å². The summed E-state index contributed by atoms with van der Waals surface area (Å²) in [5.74, 6) is -3.26. The first kappa shape index (κ1) is 40.5. The number of H-pyrrole nitrogens is 1. The average Bonchev–Trinajstić information content (AvgIpc) is 3.26. The number of carboxylic acids is 1. The molecule has 0 radical (unpaired) electrons. The smallest absolute Gasteiger partial charge is 0.480 e. The third-order valence-electron chi connectivity index (χ3n) is 6.99. The summed E-state index contributed by atoms with van der Waals surface area (Å²) in [5.41, 5.74) is -1.81. The molecule has 10 N–H and O–H groups in total. The minimum absolute atomic E-state index is 0.701. The number of rotatable bonds is 15. The van der Waals surface area contributed by atoms with Crippen LogP contribution in [0.2, 0.25) is 0 Å². The highest BCUT2D eigenvalue weighted by Gasteiger charge is 2.52. The molecule has 278 valence electrons. The van der Waals surface area contributed by atoms with Crippen molar-refractivity contribution in [2.75, 3.05) is 13.2 Å². The van der Waals surface area contributed by atoms with E-state index in [4.69, 9.17) is 23.8 Å². The van der Waals surface area contributed by atoms with Crippen molar-refractivity contribution >= 4 is 33.4 Å². The summed E-state index contributed by atoms with van der Waals surface area (Å²) >= 11 is 0. The summed E-state index contributed by atoms with van der Waals surface area (Å²) in [4.78, 5) is 81.3. The number of carboxylic acid groups (broad SMARTS) is 1. The summed E-state index contributed by atoms with van der Waals surface area (Å²) < 4.78 is 56.0. The third-order valence-corrected chi connectivity index (χ3v) is 9.59. The number of phosphoric ester groups is 2. The molecule has 2 amide bonds. The number of aliphatic hydroxyl groups excluding tert-OH is 4. The van der Waals surface area contributed by atoms with E-state index in [1.807, 2.05) is 4.98 Å². The van der Waals surface area contributed by atoms with Crippen LogP contribution >= 0.6 is 15.6 Å². The van der Waals surface area contributed by atoms with E-state index in [1.165, 1.54) is 0 Å². The predicted molar refractivity (Wildman–Crippen MR) is 154 cm³/mol. The van der Waals surface area contributed by atoms with Crippen LogP contribution in [0.15, 0.2) is 21.9 Å². The zero-order chi connectivity index (χ0) is 37.0. The fourth-order valence-electron chi connectivity index (χ4n) is 4.59. The molecule has 1 aromatic rings. The van der Waals surface area contributed by atoms with Gasteiger partial charge in [0.15, 0.2) is 12.5 Å². The van der Waals surface area contributed by atoms with Crippen LogP contribution in [0.1, 0.15) is 27.0 Å². The number of aromatic amines is 1. The Morgan fingerprint density at radius 3 is 2.27 bits per heavy atom. The number of aliphatic hydroxyl groups is 4. The van der Waals surface area contributed by atoms with Crippen molar-refractivity contribution < 1.29 is 86.4 Å². The molecule has 3 heterocycles. The van der Waals surface area contributed by atoms with Crippen LogP contribution in [0, 0.1) is 0 Å². The number of carbonyl (C=O) groups excluding carboxylic acids is 2. The molecule has 2 aliphatic heterocycles. The second kappa shape index (κ2) is 16.4. The molecule has 13 atom stereocenters. The van der Waals surface area contributed by atoms with Gasteiger partial charge in [0.05, 0.1) is 13.2 Å². The number of aromatic nitrogens is 2. The van der Waals surface area contributed by atoms with E-state index < -0.39 is 125 Å². The zero-order valence-corrected chi connectivity index (χ0v) is 27.5. The van der Waals surface area contributed by atoms with Crippen LogP contribution in [-0.4, -0.2) is 137 Å². The lowest BCUT2D eigenvalue weighted by Gasteiger charge is -2.44. The van der Waals surface area contributed by atoms with Crippen molar-refractivity contribution in [2.24, 2.45) is 0 Å². The highest BCUT2D eigenvalue weighted by Crippen LogP contribution is 2.61. The summed E-state index contributed by atoms with van der Waals surface area (Å²) in [7, 11) is -11.4. The molecule has 0 aliphatic carbocycles. The Morgan fingerprint density at radius 2 is 1.69 bits per heavy atom. The molecule has 3 rings (SSSR count). The summed E-state index contributed by atoms with van der Waals surface area (Å²) in [6.45, 7) is 1.15. The molecule has 0 bridgehead atoms. The number of amides is 2. The van der Waals surface area contributed by atoms with Crippen molar-refractivity contribution in [3.8, 4) is 0 Å². The Balaban J connectivity index is 1.73. The Morgan fingerprint density at radius 1 is 1.04 bits per heavy atom. The maximum atomic E-state index is 12.9. The van der Waals surface area contributed by atoms with Gasteiger partial charge in [0.2, 0.25) is 11.8 Å². The van der Waals surface area contributed by atoms with Crippen molar-refractivity contribution in [2.45, 2.75) is 88.1 Å². The molecule has 1 aromatic heterocycles. The molecule has 0 aromatic carbocycles. The number of carbonyl (C=O) groups is 3. The van der Waals surface area contributed by atoms with Gasteiger partial charge in [-0.15, -0.1) is 0 Å². The fraction of sp³-hybridized carbons (Fsp3) is 0.696. The average molecular weight is 750 g/mol. The highest BCUT2D eigenvalue weighted by atomic mass is 31.3. The van der Waals surface area contributed by atoms with Gasteiger partial charge in [0.25, 0.3) is 5.56 Å². The molecule has 24 nitrogen and oxygen atoms in total. The number of aliphatic carboxylic acids is 1. The van der Waals surface area contributed by atoms with E-state index in [0.717, 1.165) is 33.0 Å². The van der Waals surface area contributed by atoms with E-state index in [1.54, 1.807) is 0 Å². The quantitative estimate of drug-likeness (QED) is 0.0753. The molecule has 13 unspecified atom stereocenters. The van der Waals surface area contributed by atoms with Gasteiger partial charge >= 0.3 is 27.3 Å². The van der Waals surface area contributed by atoms with Gasteiger partial charge in [0.1, 0.15) is 54.8 Å². The van der Waals surface area contributed by atoms with E-state index in [0.29, 0.717) is 4.57 Å². The predicted octanol–water partition coefficient (Wildman–Crippen LogP) is -4.65. The van der Waals surface area contributed by atoms with Gasteiger partial charge < -0.3 is 60.2 Å². The lowest BCUT2D eigenvalue weighted by molar-refractivity contribution is -0.261. The molecule has 26 heteroatoms. The largest absolute Gasteiger partial charge is 0.483 e. The Labute approximate surface area is 274 Å². The number of ether oxygens (including phenoxy) is 3. The normalized spacial score (nSPS) is 32.3. The second-order valence-corrected chi connectivity index (χ2v) is 13.7. The van der Waals surface area contributed by atoms with Gasteiger partial charge in [0, 0.05) is 19.2 Å². The van der Waals surface area contributed by atoms with Crippen LogP contribution in [0.25, 0.3) is 0 Å². The minimum atomic E-state index is -5.80. The fourth-order valence-corrected chi connectivity index (χ4v) is 6.76. The third kappa shape index (κ3) is 10.5. The highest BCUT2D eigenvalue weighted by molar-refractivity contribution is 7.61. The number of nitrogens with zero attached hydrogens (tertiary/aromatic N) is 1. The summed E-state index contributed by atoms with van der Waals surface area (Å²) in [6.07, 6.45) is -15.0. The van der Waals surface area contributed by atoms with Crippen LogP contribution in [0.3, 0.4) is 0 Å². The standard InChI is InChI=1S/C23H36N4O20P2/c1-8(21(35)36)24-19(34)9(2)43-18-14(25-10(3)29)22(45-11(6-28)16(18)32)46-49(40,41)47-48(38,39)42-7-12-15(31)17(33)20(44-12)27-5-4-13(30)26-23(27)37/h4-5,8-9,11-12,14-18,20,22,28,31-33H,6-7H2,1-3H3,(H,24,34)(H,25,29)(H,35,36)(H,38,39)(H,40,41)(H,26,30,37). The Bertz CT molecular complexity index is 1570. The van der Waals surface area contributed by atoms with E-state index in [2.05, 4.69) is 19.5 Å². The van der Waals surface area contributed by atoms with Gasteiger partial charge in [-0.1, -0.05) is 0 Å².